The molecule has 0 atom stereocenters. The zero-order valence-corrected chi connectivity index (χ0v) is 17.1. The Balaban J connectivity index is 1.10. The van der Waals surface area contributed by atoms with Gasteiger partial charge in [0.25, 0.3) is 0 Å². The molecule has 0 radical (unpaired) electrons. The molecule has 1 aliphatic carbocycles. The van der Waals surface area contributed by atoms with Crippen molar-refractivity contribution in [2.24, 2.45) is 0 Å². The van der Waals surface area contributed by atoms with Crippen LogP contribution >= 0.6 is 0 Å². The number of likely N-dealkylation sites (tertiary alicyclic amines) is 1. The first-order chi connectivity index (χ1) is 13.8. The van der Waals surface area contributed by atoms with Crippen LogP contribution in [0.1, 0.15) is 44.9 Å². The molecule has 1 N–H and O–H groups in total. The van der Waals surface area contributed by atoms with Gasteiger partial charge < -0.3 is 24.6 Å². The van der Waals surface area contributed by atoms with Gasteiger partial charge >= 0.3 is 0 Å². The van der Waals surface area contributed by atoms with Gasteiger partial charge in [-0.2, -0.15) is 0 Å². The SMILES string of the molecule is c1cc(N2CCC3(CC2)CNCCO3)ccc1OC1CCN(C2CCC2)CC1. The molecule has 5 rings (SSSR count). The van der Waals surface area contributed by atoms with E-state index in [0.717, 1.165) is 57.4 Å². The zero-order chi connectivity index (χ0) is 18.8. The van der Waals surface area contributed by atoms with Crippen LogP contribution in [0.2, 0.25) is 0 Å². The molecule has 1 aromatic carbocycles. The number of piperidine rings is 2. The average molecular weight is 386 g/mol. The zero-order valence-electron chi connectivity index (χ0n) is 17.1. The van der Waals surface area contributed by atoms with Crippen LogP contribution in [0.3, 0.4) is 0 Å². The maximum atomic E-state index is 6.29. The first-order valence-corrected chi connectivity index (χ1v) is 11.4. The Labute approximate surface area is 169 Å². The molecule has 0 unspecified atom stereocenters. The smallest absolute Gasteiger partial charge is 0.119 e. The van der Waals surface area contributed by atoms with Crippen LogP contribution in [0.15, 0.2) is 24.3 Å². The van der Waals surface area contributed by atoms with Crippen molar-refractivity contribution in [3.05, 3.63) is 24.3 Å². The van der Waals surface area contributed by atoms with Crippen LogP contribution in [0, 0.1) is 0 Å². The molecule has 1 aromatic rings. The lowest BCUT2D eigenvalue weighted by Crippen LogP contribution is -2.55. The van der Waals surface area contributed by atoms with Crippen molar-refractivity contribution >= 4 is 5.69 Å². The van der Waals surface area contributed by atoms with Crippen molar-refractivity contribution in [2.75, 3.05) is 50.8 Å². The minimum atomic E-state index is 0.0755. The summed E-state index contributed by atoms with van der Waals surface area (Å²) in [7, 11) is 0. The molecular formula is C23H35N3O2. The molecule has 0 bridgehead atoms. The molecular weight excluding hydrogens is 350 g/mol. The Bertz CT molecular complexity index is 622. The van der Waals surface area contributed by atoms with Gasteiger partial charge in [-0.3, -0.25) is 0 Å². The van der Waals surface area contributed by atoms with Gasteiger partial charge in [-0.05, 0) is 62.8 Å². The fraction of sp³-hybridized carbons (Fsp3) is 0.739. The molecule has 5 nitrogen and oxygen atoms in total. The van der Waals surface area contributed by atoms with Crippen LogP contribution < -0.4 is 15.0 Å². The molecule has 1 saturated carbocycles. The molecule has 0 amide bonds. The van der Waals surface area contributed by atoms with Crippen molar-refractivity contribution in [3.8, 4) is 5.75 Å². The number of hydrogen-bond donors (Lipinski definition) is 1. The third-order valence-corrected chi connectivity index (χ3v) is 7.38. The number of ether oxygens (including phenoxy) is 2. The third kappa shape index (κ3) is 4.03. The van der Waals surface area contributed by atoms with Gasteiger partial charge in [0.15, 0.2) is 0 Å². The fourth-order valence-corrected chi connectivity index (χ4v) is 5.24. The first kappa shape index (κ1) is 18.7. The highest BCUT2D eigenvalue weighted by molar-refractivity contribution is 5.49. The van der Waals surface area contributed by atoms with Crippen molar-refractivity contribution < 1.29 is 9.47 Å². The third-order valence-electron chi connectivity index (χ3n) is 7.38. The highest BCUT2D eigenvalue weighted by Gasteiger charge is 2.37. The topological polar surface area (TPSA) is 37.0 Å². The number of anilines is 1. The highest BCUT2D eigenvalue weighted by Crippen LogP contribution is 2.32. The van der Waals surface area contributed by atoms with E-state index in [9.17, 15) is 0 Å². The summed E-state index contributed by atoms with van der Waals surface area (Å²) in [6.45, 7) is 7.41. The number of benzene rings is 1. The van der Waals surface area contributed by atoms with Gasteiger partial charge in [-0.25, -0.2) is 0 Å². The summed E-state index contributed by atoms with van der Waals surface area (Å²) in [6.07, 6.45) is 9.18. The maximum Gasteiger partial charge on any atom is 0.119 e. The minimum Gasteiger partial charge on any atom is -0.490 e. The summed E-state index contributed by atoms with van der Waals surface area (Å²) in [5, 5.41) is 3.50. The van der Waals surface area contributed by atoms with E-state index in [1.165, 1.54) is 50.9 Å². The predicted octanol–water partition coefficient (Wildman–Crippen LogP) is 3.04. The number of nitrogens with one attached hydrogen (secondary N) is 1. The lowest BCUT2D eigenvalue weighted by atomic mass is 9.89. The van der Waals surface area contributed by atoms with E-state index in [0.29, 0.717) is 6.10 Å². The van der Waals surface area contributed by atoms with E-state index in [4.69, 9.17) is 9.47 Å². The number of nitrogens with zero attached hydrogens (tertiary/aromatic N) is 2. The van der Waals surface area contributed by atoms with Gasteiger partial charge in [0.1, 0.15) is 11.9 Å². The number of morpholine rings is 1. The lowest BCUT2D eigenvalue weighted by Gasteiger charge is -2.44. The van der Waals surface area contributed by atoms with Crippen LogP contribution in [0.4, 0.5) is 5.69 Å². The molecule has 1 spiro atoms. The monoisotopic (exact) mass is 385 g/mol. The van der Waals surface area contributed by atoms with Gasteiger partial charge in [-0.15, -0.1) is 0 Å². The molecule has 154 valence electrons. The molecule has 3 saturated heterocycles. The molecule has 28 heavy (non-hydrogen) atoms. The maximum absolute atomic E-state index is 6.29. The van der Waals surface area contributed by atoms with Crippen LogP contribution in [0.5, 0.6) is 5.75 Å². The molecule has 3 heterocycles. The Morgan fingerprint density at radius 1 is 0.964 bits per heavy atom. The van der Waals surface area contributed by atoms with Crippen molar-refractivity contribution in [1.82, 2.24) is 10.2 Å². The number of rotatable bonds is 4. The van der Waals surface area contributed by atoms with Crippen molar-refractivity contribution in [2.45, 2.75) is 62.7 Å². The summed E-state index contributed by atoms with van der Waals surface area (Å²) in [4.78, 5) is 5.17. The van der Waals surface area contributed by atoms with Crippen LogP contribution in [-0.2, 0) is 4.74 Å². The summed E-state index contributed by atoms with van der Waals surface area (Å²) >= 11 is 0. The molecule has 0 aromatic heterocycles. The standard InChI is InChI=1S/C23H35N3O2/c1-2-19(3-1)25-13-8-22(9-14-25)28-21-6-4-20(5-7-21)26-15-10-23(11-16-26)18-24-12-17-27-23/h4-7,19,22,24H,1-3,8-18H2. The predicted molar refractivity (Wildman–Crippen MR) is 112 cm³/mol. The average Bonchev–Trinajstić information content (AvgIpc) is 2.70. The van der Waals surface area contributed by atoms with E-state index in [-0.39, 0.29) is 5.60 Å². The van der Waals surface area contributed by atoms with E-state index in [1.807, 2.05) is 0 Å². The van der Waals surface area contributed by atoms with Gasteiger partial charge in [-0.1, -0.05) is 6.42 Å². The molecule has 4 fully saturated rings. The van der Waals surface area contributed by atoms with Gasteiger partial charge in [0.2, 0.25) is 0 Å². The Morgan fingerprint density at radius 3 is 2.32 bits per heavy atom. The Hall–Kier alpha value is -1.30. The fourth-order valence-electron chi connectivity index (χ4n) is 5.24. The van der Waals surface area contributed by atoms with Crippen LogP contribution in [-0.4, -0.2) is 68.5 Å². The summed E-state index contributed by atoms with van der Waals surface area (Å²) in [5.41, 5.74) is 1.39. The Morgan fingerprint density at radius 2 is 1.71 bits per heavy atom. The van der Waals surface area contributed by atoms with E-state index < -0.39 is 0 Å². The van der Waals surface area contributed by atoms with Crippen molar-refractivity contribution in [3.63, 3.8) is 0 Å². The molecule has 5 heteroatoms. The van der Waals surface area contributed by atoms with E-state index in [1.54, 1.807) is 0 Å². The minimum absolute atomic E-state index is 0.0755. The molecule has 3 aliphatic heterocycles. The quantitative estimate of drug-likeness (QED) is 0.862. The summed E-state index contributed by atoms with van der Waals surface area (Å²) < 4.78 is 12.4. The van der Waals surface area contributed by atoms with Gasteiger partial charge in [0, 0.05) is 51.0 Å². The second kappa shape index (κ2) is 8.21. The molecule has 4 aliphatic rings. The first-order valence-electron chi connectivity index (χ1n) is 11.4. The summed E-state index contributed by atoms with van der Waals surface area (Å²) in [6, 6.07) is 9.67. The Kier molecular flexibility index (Phi) is 5.49. The second-order valence-electron chi connectivity index (χ2n) is 9.13. The van der Waals surface area contributed by atoms with Crippen LogP contribution in [0.25, 0.3) is 0 Å². The van der Waals surface area contributed by atoms with E-state index in [2.05, 4.69) is 39.4 Å². The largest absolute Gasteiger partial charge is 0.490 e. The highest BCUT2D eigenvalue weighted by atomic mass is 16.5. The van der Waals surface area contributed by atoms with Crippen molar-refractivity contribution in [1.29, 1.82) is 0 Å². The normalized spacial score (nSPS) is 26.9. The lowest BCUT2D eigenvalue weighted by molar-refractivity contribution is -0.0799. The number of hydrogen-bond acceptors (Lipinski definition) is 5. The summed E-state index contributed by atoms with van der Waals surface area (Å²) in [5.74, 6) is 1.03. The van der Waals surface area contributed by atoms with Gasteiger partial charge in [0.05, 0.1) is 12.2 Å². The van der Waals surface area contributed by atoms with E-state index >= 15 is 0 Å². The second-order valence-corrected chi connectivity index (χ2v) is 9.13.